The fourth-order valence-corrected chi connectivity index (χ4v) is 29.4. The van der Waals surface area contributed by atoms with Gasteiger partial charge in [-0.3, -0.25) is 0 Å². The number of hydrogen-bond acceptors (Lipinski definition) is 0. The van der Waals surface area contributed by atoms with Crippen LogP contribution in [0.3, 0.4) is 0 Å². The zero-order chi connectivity index (χ0) is 22.7. The summed E-state index contributed by atoms with van der Waals surface area (Å²) in [6, 6.07) is 43.5. The van der Waals surface area contributed by atoms with Gasteiger partial charge in [-0.05, 0) is 0 Å². The smallest absolute Gasteiger partial charge is 1.00 e. The molecule has 36 heavy (non-hydrogen) atoms. The Morgan fingerprint density at radius 1 is 0.500 bits per heavy atom. The second-order valence-electron chi connectivity index (χ2n) is 9.32. The first-order valence-corrected chi connectivity index (χ1v) is 20.6. The van der Waals surface area contributed by atoms with Crippen molar-refractivity contribution in [1.29, 1.82) is 0 Å². The molecule has 0 bridgehead atoms. The van der Waals surface area contributed by atoms with E-state index in [0.29, 0.717) is 7.25 Å². The van der Waals surface area contributed by atoms with Crippen LogP contribution in [0.4, 0.5) is 0 Å². The summed E-state index contributed by atoms with van der Waals surface area (Å²) in [7, 11) is 0. The molecule has 0 aromatic heterocycles. The van der Waals surface area contributed by atoms with Gasteiger partial charge in [-0.25, -0.2) is 0 Å². The van der Waals surface area contributed by atoms with E-state index in [1.165, 1.54) is 34.3 Å². The summed E-state index contributed by atoms with van der Waals surface area (Å²) in [6.07, 6.45) is 10.0. The molecule has 0 N–H and O–H groups in total. The minimum atomic E-state index is -2.14. The first kappa shape index (κ1) is 27.1. The molecule has 0 radical (unpaired) electrons. The zero-order valence-electron chi connectivity index (χ0n) is 20.0. The van der Waals surface area contributed by atoms with Crippen LogP contribution in [0.5, 0.6) is 0 Å². The third kappa shape index (κ3) is 5.63. The van der Waals surface area contributed by atoms with Crippen LogP contribution in [0.2, 0.25) is 0 Å². The third-order valence-corrected chi connectivity index (χ3v) is 27.8. The van der Waals surface area contributed by atoms with Crippen molar-refractivity contribution >= 4 is 17.6 Å². The van der Waals surface area contributed by atoms with E-state index >= 15 is 0 Å². The molecule has 4 heteroatoms. The van der Waals surface area contributed by atoms with Crippen LogP contribution >= 0.6 is 0 Å². The standard InChI is InChI=1S/C14H14Si.2C9H7.2ClH.Zr/c1-3-7-13(8-4-1)11-15-12-14-9-5-2-6-10-14;2*1-2-5-9-7-3-6-8(9)4-1;;;/h1-10H,11-12H2;2*1-7H;2*1H;/q;;;;;+2/p-2. The number of halogens is 2. The van der Waals surface area contributed by atoms with E-state index in [-0.39, 0.29) is 24.8 Å². The van der Waals surface area contributed by atoms with Crippen molar-refractivity contribution < 1.29 is 45.2 Å². The average molecular weight is 603 g/mol. The SMILES string of the molecule is C1=C[CH]([Zr+2]([CH]2C=Cc3ccccc32)=[Si](Cc2ccccc2)Cc2ccccc2)c2ccccc21.[Cl-].[Cl-]. The van der Waals surface area contributed by atoms with E-state index < -0.39 is 25.8 Å². The van der Waals surface area contributed by atoms with Gasteiger partial charge in [-0.2, -0.15) is 0 Å². The van der Waals surface area contributed by atoms with E-state index in [2.05, 4.69) is 133 Å². The zero-order valence-corrected chi connectivity index (χ0v) is 25.0. The molecule has 178 valence electrons. The Hall–Kier alpha value is -1.96. The van der Waals surface area contributed by atoms with Gasteiger partial charge in [0.15, 0.2) is 0 Å². The van der Waals surface area contributed by atoms with E-state index in [1.807, 2.05) is 0 Å². The van der Waals surface area contributed by atoms with Gasteiger partial charge in [0.2, 0.25) is 0 Å². The molecule has 2 unspecified atom stereocenters. The molecular weight excluding hydrogens is 575 g/mol. The Kier molecular flexibility index (Phi) is 9.42. The maximum atomic E-state index is 2.59. The summed E-state index contributed by atoms with van der Waals surface area (Å²) < 4.78 is 1.31. The van der Waals surface area contributed by atoms with Crippen molar-refractivity contribution in [2.24, 2.45) is 0 Å². The minimum Gasteiger partial charge on any atom is -1.00 e. The summed E-state index contributed by atoms with van der Waals surface area (Å²) >= 11 is -2.14. The number of fused-ring (bicyclic) bond motifs is 2. The molecule has 0 saturated heterocycles. The van der Waals surface area contributed by atoms with Crippen molar-refractivity contribution in [2.75, 3.05) is 0 Å². The second kappa shape index (κ2) is 12.5. The van der Waals surface area contributed by atoms with Crippen LogP contribution in [0.15, 0.2) is 121 Å². The first-order valence-electron chi connectivity index (χ1n) is 12.2. The van der Waals surface area contributed by atoms with Gasteiger partial charge >= 0.3 is 212 Å². The summed E-state index contributed by atoms with van der Waals surface area (Å²) in [5.74, 6) is 0. The fraction of sp³-hybridized carbons (Fsp3) is 0.125. The van der Waals surface area contributed by atoms with Crippen molar-refractivity contribution in [3.8, 4) is 0 Å². The van der Waals surface area contributed by atoms with Gasteiger partial charge in [0.1, 0.15) is 0 Å². The van der Waals surface area contributed by atoms with E-state index in [4.69, 9.17) is 0 Å². The van der Waals surface area contributed by atoms with Crippen molar-refractivity contribution in [3.05, 3.63) is 155 Å². The van der Waals surface area contributed by atoms with Gasteiger partial charge < -0.3 is 24.8 Å². The van der Waals surface area contributed by atoms with Gasteiger partial charge in [0.05, 0.1) is 0 Å². The predicted octanol–water partition coefficient (Wildman–Crippen LogP) is 1.70. The third-order valence-electron chi connectivity index (χ3n) is 7.20. The summed E-state index contributed by atoms with van der Waals surface area (Å²) in [6.45, 7) is 0. The van der Waals surface area contributed by atoms with Gasteiger partial charge in [-0.1, -0.05) is 0 Å². The maximum absolute atomic E-state index is 2.59. The fourth-order valence-electron chi connectivity index (χ4n) is 5.63. The Morgan fingerprint density at radius 3 is 1.33 bits per heavy atom. The molecule has 2 aliphatic carbocycles. The molecule has 0 heterocycles. The van der Waals surface area contributed by atoms with Crippen molar-refractivity contribution in [3.63, 3.8) is 0 Å². The molecule has 0 fully saturated rings. The van der Waals surface area contributed by atoms with E-state index in [1.54, 1.807) is 11.1 Å². The number of rotatable bonds is 6. The predicted molar refractivity (Wildman–Crippen MR) is 142 cm³/mol. The molecule has 0 saturated carbocycles. The van der Waals surface area contributed by atoms with Crippen LogP contribution in [-0.4, -0.2) is 5.43 Å². The van der Waals surface area contributed by atoms with Crippen LogP contribution in [0, 0.1) is 0 Å². The summed E-state index contributed by atoms with van der Waals surface area (Å²) in [4.78, 5) is 0. The van der Waals surface area contributed by atoms with Crippen molar-refractivity contribution in [2.45, 2.75) is 19.3 Å². The van der Waals surface area contributed by atoms with E-state index in [9.17, 15) is 0 Å². The van der Waals surface area contributed by atoms with Crippen LogP contribution in [-0.2, 0) is 32.5 Å². The Balaban J connectivity index is 0.00000152. The normalized spacial score (nSPS) is 16.2. The maximum Gasteiger partial charge on any atom is -1.00 e. The van der Waals surface area contributed by atoms with Crippen LogP contribution < -0.4 is 24.8 Å². The number of hydrogen-bond donors (Lipinski definition) is 0. The minimum absolute atomic E-state index is 0. The van der Waals surface area contributed by atoms with Gasteiger partial charge in [-0.15, -0.1) is 0 Å². The van der Waals surface area contributed by atoms with Crippen LogP contribution in [0.25, 0.3) is 12.2 Å². The monoisotopic (exact) mass is 600 g/mol. The molecule has 0 aliphatic heterocycles. The van der Waals surface area contributed by atoms with Gasteiger partial charge in [0.25, 0.3) is 0 Å². The molecule has 0 amide bonds. The Bertz CT molecular complexity index is 1300. The molecule has 0 spiro atoms. The Morgan fingerprint density at radius 2 is 0.889 bits per heavy atom. The number of allylic oxidation sites excluding steroid dienone is 2. The molecule has 6 rings (SSSR count). The topological polar surface area (TPSA) is 0 Å². The van der Waals surface area contributed by atoms with E-state index in [0.717, 1.165) is 0 Å². The molecule has 0 nitrogen and oxygen atoms in total. The molecule has 2 aliphatic rings. The Labute approximate surface area is 235 Å². The molecular formula is C32H28Cl2SiZr. The first-order chi connectivity index (χ1) is 16.9. The molecule has 2 atom stereocenters. The molecule has 4 aromatic rings. The molecule has 4 aromatic carbocycles. The summed E-state index contributed by atoms with van der Waals surface area (Å²) in [5, 5.41) is 0. The van der Waals surface area contributed by atoms with Gasteiger partial charge in [0, 0.05) is 0 Å². The quantitative estimate of drug-likeness (QED) is 0.295. The summed E-state index contributed by atoms with van der Waals surface area (Å²) in [5.41, 5.74) is 8.49. The van der Waals surface area contributed by atoms with Crippen LogP contribution in [0.1, 0.15) is 40.6 Å². The average Bonchev–Trinajstić information content (AvgIpc) is 3.51. The largest absolute Gasteiger partial charge is 1.00 e. The number of benzene rings is 4. The van der Waals surface area contributed by atoms with Crippen molar-refractivity contribution in [1.82, 2.24) is 0 Å². The second-order valence-corrected chi connectivity index (χ2v) is 25.2.